The molecule has 7 aromatic carbocycles. The van der Waals surface area contributed by atoms with E-state index in [-0.39, 0.29) is 6.04 Å². The molecular formula is C44H29N4O-. The predicted molar refractivity (Wildman–Crippen MR) is 202 cm³/mol. The van der Waals surface area contributed by atoms with Crippen molar-refractivity contribution >= 4 is 71.2 Å². The zero-order valence-corrected chi connectivity index (χ0v) is 26.4. The van der Waals surface area contributed by atoms with E-state index in [9.17, 15) is 0 Å². The maximum absolute atomic E-state index is 6.75. The van der Waals surface area contributed by atoms with Gasteiger partial charge in [0.25, 0.3) is 0 Å². The zero-order chi connectivity index (χ0) is 32.1. The van der Waals surface area contributed by atoms with Crippen molar-refractivity contribution in [2.75, 3.05) is 5.32 Å². The molecule has 0 aliphatic carbocycles. The largest absolute Gasteiger partial charge is 0.614 e. The lowest BCUT2D eigenvalue weighted by Gasteiger charge is -2.47. The van der Waals surface area contributed by atoms with Gasteiger partial charge in [-0.15, -0.1) is 0 Å². The van der Waals surface area contributed by atoms with Crippen molar-refractivity contribution in [1.82, 2.24) is 9.13 Å². The van der Waals surface area contributed by atoms with Gasteiger partial charge in [0.2, 0.25) is 0 Å². The van der Waals surface area contributed by atoms with Gasteiger partial charge in [0, 0.05) is 50.0 Å². The Bertz CT molecular complexity index is 2900. The van der Waals surface area contributed by atoms with Gasteiger partial charge in [-0.05, 0) is 54.1 Å². The Balaban J connectivity index is 1.28. The van der Waals surface area contributed by atoms with Crippen LogP contribution in [0.3, 0.4) is 0 Å². The third kappa shape index (κ3) is 3.79. The summed E-state index contributed by atoms with van der Waals surface area (Å²) in [5.41, 5.74) is 10.8. The van der Waals surface area contributed by atoms with Gasteiger partial charge in [-0.3, -0.25) is 0 Å². The standard InChI is InChI=1S/C44H29N4O/c1-3-13-27(14-4-1)41-33-19-7-10-20-36(33)45-44(46-41)48-39-26-38-34(29-17-8-11-21-37(29)47(38)28-15-5-2-6-16-28)25-35(39)31-23-24-32-30-18-9-12-22-40(30)49-43(32)42(31)48/h1-26,41,44-45H/q-1. The Morgan fingerprint density at radius 2 is 1.22 bits per heavy atom. The first-order chi connectivity index (χ1) is 24.3. The second kappa shape index (κ2) is 10.1. The highest BCUT2D eigenvalue weighted by atomic mass is 16.3. The number of rotatable bonds is 3. The molecule has 1 N–H and O–H groups in total. The Labute approximate surface area is 281 Å². The van der Waals surface area contributed by atoms with Gasteiger partial charge in [-0.25, -0.2) is 0 Å². The van der Waals surface area contributed by atoms with E-state index in [2.05, 4.69) is 166 Å². The molecule has 0 radical (unpaired) electrons. The molecule has 0 amide bonds. The van der Waals surface area contributed by atoms with Gasteiger partial charge >= 0.3 is 0 Å². The molecule has 4 heterocycles. The molecule has 1 aliphatic rings. The quantitative estimate of drug-likeness (QED) is 0.211. The summed E-state index contributed by atoms with van der Waals surface area (Å²) in [4.78, 5) is 0. The third-order valence-electron chi connectivity index (χ3n) is 10.3. The van der Waals surface area contributed by atoms with E-state index in [0.717, 1.165) is 55.2 Å². The highest BCUT2D eigenvalue weighted by Crippen LogP contribution is 2.49. The molecule has 3 aromatic heterocycles. The minimum Gasteiger partial charge on any atom is -0.614 e. The third-order valence-corrected chi connectivity index (χ3v) is 10.3. The summed E-state index contributed by atoms with van der Waals surface area (Å²) in [6, 6.07) is 56.0. The number of fused-ring (bicyclic) bond motifs is 11. The summed E-state index contributed by atoms with van der Waals surface area (Å²) in [5, 5.41) is 16.4. The minimum atomic E-state index is -0.397. The van der Waals surface area contributed by atoms with Crippen molar-refractivity contribution in [3.05, 3.63) is 174 Å². The molecule has 5 heteroatoms. The average molecular weight is 630 g/mol. The molecule has 1 aliphatic heterocycles. The summed E-state index contributed by atoms with van der Waals surface area (Å²) in [5.74, 6) is 0. The van der Waals surface area contributed by atoms with Gasteiger partial charge in [-0.2, -0.15) is 0 Å². The predicted octanol–water partition coefficient (Wildman–Crippen LogP) is 11.8. The maximum Gasteiger partial charge on any atom is 0.159 e. The van der Waals surface area contributed by atoms with Crippen LogP contribution < -0.4 is 5.32 Å². The van der Waals surface area contributed by atoms with Gasteiger partial charge in [-0.1, -0.05) is 121 Å². The first-order valence-corrected chi connectivity index (χ1v) is 16.8. The van der Waals surface area contributed by atoms with Crippen LogP contribution >= 0.6 is 0 Å². The molecule has 2 atom stereocenters. The van der Waals surface area contributed by atoms with Crippen molar-refractivity contribution in [1.29, 1.82) is 0 Å². The van der Waals surface area contributed by atoms with Crippen LogP contribution in [-0.2, 0) is 0 Å². The highest BCUT2D eigenvalue weighted by molar-refractivity contribution is 6.24. The summed E-state index contributed by atoms with van der Waals surface area (Å²) in [6.45, 7) is 0. The number of hydrogen-bond donors (Lipinski definition) is 1. The molecule has 49 heavy (non-hydrogen) atoms. The fraction of sp³-hybridized carbons (Fsp3) is 0.0455. The summed E-state index contributed by atoms with van der Waals surface area (Å²) in [7, 11) is 0. The molecule has 0 saturated carbocycles. The van der Waals surface area contributed by atoms with Crippen molar-refractivity contribution in [3.8, 4) is 5.69 Å². The lowest BCUT2D eigenvalue weighted by atomic mass is 9.95. The van der Waals surface area contributed by atoms with Crippen LogP contribution in [-0.4, -0.2) is 9.13 Å². The Kier molecular flexibility index (Phi) is 5.51. The van der Waals surface area contributed by atoms with Gasteiger partial charge in [0.1, 0.15) is 5.58 Å². The van der Waals surface area contributed by atoms with Crippen molar-refractivity contribution in [2.45, 2.75) is 12.3 Å². The lowest BCUT2D eigenvalue weighted by molar-refractivity contribution is 0.622. The van der Waals surface area contributed by atoms with E-state index in [4.69, 9.17) is 9.73 Å². The number of furan rings is 1. The van der Waals surface area contributed by atoms with E-state index < -0.39 is 6.29 Å². The van der Waals surface area contributed by atoms with Crippen LogP contribution in [0.1, 0.15) is 23.5 Å². The van der Waals surface area contributed by atoms with Crippen LogP contribution in [0.5, 0.6) is 0 Å². The van der Waals surface area contributed by atoms with Gasteiger partial charge in [0.15, 0.2) is 5.58 Å². The van der Waals surface area contributed by atoms with E-state index >= 15 is 0 Å². The molecule has 0 bridgehead atoms. The van der Waals surface area contributed by atoms with Crippen LogP contribution in [0, 0.1) is 0 Å². The van der Waals surface area contributed by atoms with Gasteiger partial charge < -0.3 is 24.2 Å². The number of anilines is 1. The number of hydrogen-bond acceptors (Lipinski definition) is 2. The van der Waals surface area contributed by atoms with Crippen LogP contribution in [0.25, 0.3) is 76.6 Å². The SMILES string of the molecule is c1ccc(C2[N-]C(n3c4cc5c(cc4c4ccc6c7ccccc7oc6c43)c3ccccc3n5-c3ccccc3)Nc3ccccc32)cc1. The lowest BCUT2D eigenvalue weighted by Crippen LogP contribution is -2.25. The van der Waals surface area contributed by atoms with E-state index in [0.29, 0.717) is 0 Å². The number of benzene rings is 7. The Morgan fingerprint density at radius 3 is 2.10 bits per heavy atom. The number of nitrogens with zero attached hydrogens (tertiary/aromatic N) is 3. The fourth-order valence-electron chi connectivity index (χ4n) is 8.18. The minimum absolute atomic E-state index is 0.134. The summed E-state index contributed by atoms with van der Waals surface area (Å²) < 4.78 is 11.5. The monoisotopic (exact) mass is 629 g/mol. The Morgan fingerprint density at radius 1 is 0.531 bits per heavy atom. The van der Waals surface area contributed by atoms with Gasteiger partial charge in [0.05, 0.1) is 22.1 Å². The van der Waals surface area contributed by atoms with Crippen molar-refractivity contribution in [2.24, 2.45) is 0 Å². The van der Waals surface area contributed by atoms with Crippen LogP contribution in [0.15, 0.2) is 162 Å². The fourth-order valence-corrected chi connectivity index (χ4v) is 8.18. The molecule has 11 rings (SSSR count). The van der Waals surface area contributed by atoms with Crippen LogP contribution in [0.2, 0.25) is 0 Å². The Hall–Kier alpha value is -6.30. The number of aromatic nitrogens is 2. The van der Waals surface area contributed by atoms with Crippen LogP contribution in [0.4, 0.5) is 5.69 Å². The highest BCUT2D eigenvalue weighted by Gasteiger charge is 2.25. The normalized spacial score (nSPS) is 16.2. The molecule has 0 spiro atoms. The maximum atomic E-state index is 6.75. The van der Waals surface area contributed by atoms with E-state index in [1.54, 1.807) is 0 Å². The first kappa shape index (κ1) is 26.7. The number of nitrogens with one attached hydrogen (secondary N) is 1. The molecule has 0 fully saturated rings. The zero-order valence-electron chi connectivity index (χ0n) is 26.4. The summed E-state index contributed by atoms with van der Waals surface area (Å²) >= 11 is 0. The van der Waals surface area contributed by atoms with E-state index in [1.165, 1.54) is 32.8 Å². The molecule has 10 aromatic rings. The second-order valence-electron chi connectivity index (χ2n) is 12.9. The smallest absolute Gasteiger partial charge is 0.159 e. The first-order valence-electron chi connectivity index (χ1n) is 16.8. The number of para-hydroxylation sites is 4. The average Bonchev–Trinajstić information content (AvgIpc) is 3.81. The molecule has 2 unspecified atom stereocenters. The molecular weight excluding hydrogens is 601 g/mol. The van der Waals surface area contributed by atoms with Crippen molar-refractivity contribution in [3.63, 3.8) is 0 Å². The molecule has 5 nitrogen and oxygen atoms in total. The topological polar surface area (TPSA) is 49.1 Å². The summed E-state index contributed by atoms with van der Waals surface area (Å²) in [6.07, 6.45) is -0.397. The second-order valence-corrected chi connectivity index (χ2v) is 12.9. The molecule has 232 valence electrons. The molecule has 0 saturated heterocycles. The van der Waals surface area contributed by atoms with E-state index in [1.807, 2.05) is 6.07 Å². The van der Waals surface area contributed by atoms with Crippen molar-refractivity contribution < 1.29 is 4.42 Å².